The molecule has 1 fully saturated rings. The van der Waals surface area contributed by atoms with Crippen LogP contribution in [0.25, 0.3) is 5.69 Å². The molecule has 0 spiro atoms. The first-order valence-electron chi connectivity index (χ1n) is 8.51. The van der Waals surface area contributed by atoms with Crippen LogP contribution in [0.1, 0.15) is 41.5 Å². The van der Waals surface area contributed by atoms with Crippen LogP contribution in [0.2, 0.25) is 0 Å². The fourth-order valence-corrected chi connectivity index (χ4v) is 3.34. The lowest BCUT2D eigenvalue weighted by Gasteiger charge is -2.37. The molecule has 1 amide bonds. The van der Waals surface area contributed by atoms with E-state index in [2.05, 4.69) is 17.2 Å². The summed E-state index contributed by atoms with van der Waals surface area (Å²) in [6.07, 6.45) is 1.96. The molecule has 1 aromatic heterocycles. The van der Waals surface area contributed by atoms with Crippen LogP contribution in [-0.2, 0) is 0 Å². The average Bonchev–Trinajstić information content (AvgIpc) is 2.96. The Morgan fingerprint density at radius 2 is 1.96 bits per heavy atom. The summed E-state index contributed by atoms with van der Waals surface area (Å²) in [5, 5.41) is 8.34. The van der Waals surface area contributed by atoms with Gasteiger partial charge in [0.2, 0.25) is 0 Å². The number of benzene rings is 1. The Morgan fingerprint density at radius 1 is 1.28 bits per heavy atom. The van der Waals surface area contributed by atoms with Gasteiger partial charge in [0.25, 0.3) is 5.91 Å². The van der Waals surface area contributed by atoms with Crippen LogP contribution in [-0.4, -0.2) is 44.9 Å². The number of nitrogens with zero attached hydrogens (tertiary/aromatic N) is 4. The molecule has 6 nitrogen and oxygen atoms in total. The van der Waals surface area contributed by atoms with Crippen LogP contribution in [0, 0.1) is 19.8 Å². The van der Waals surface area contributed by atoms with E-state index in [9.17, 15) is 4.79 Å². The summed E-state index contributed by atoms with van der Waals surface area (Å²) < 4.78 is 1.72. The highest BCUT2D eigenvalue weighted by Crippen LogP contribution is 2.24. The van der Waals surface area contributed by atoms with E-state index < -0.39 is 0 Å². The number of amides is 1. The Bertz CT molecular complexity index is 728. The highest BCUT2D eigenvalue weighted by atomic mass is 35.5. The topological polar surface area (TPSA) is 77.0 Å². The monoisotopic (exact) mass is 363 g/mol. The van der Waals surface area contributed by atoms with E-state index in [0.717, 1.165) is 30.8 Å². The Morgan fingerprint density at radius 3 is 2.60 bits per heavy atom. The minimum Gasteiger partial charge on any atom is -0.333 e. The van der Waals surface area contributed by atoms with Crippen molar-refractivity contribution in [2.75, 3.05) is 13.1 Å². The van der Waals surface area contributed by atoms with Gasteiger partial charge >= 0.3 is 0 Å². The molecule has 0 aliphatic carbocycles. The van der Waals surface area contributed by atoms with Crippen LogP contribution in [0.15, 0.2) is 24.3 Å². The Labute approximate surface area is 154 Å². The third-order valence-corrected chi connectivity index (χ3v) is 4.89. The number of piperidine rings is 1. The van der Waals surface area contributed by atoms with Crippen molar-refractivity contribution in [3.05, 3.63) is 41.2 Å². The zero-order valence-corrected chi connectivity index (χ0v) is 15.8. The van der Waals surface area contributed by atoms with Gasteiger partial charge in [-0.05, 0) is 44.7 Å². The molecule has 1 saturated heterocycles. The average molecular weight is 364 g/mol. The lowest BCUT2D eigenvalue weighted by Crippen LogP contribution is -2.49. The molecule has 3 rings (SSSR count). The largest absolute Gasteiger partial charge is 0.333 e. The van der Waals surface area contributed by atoms with Gasteiger partial charge in [-0.2, -0.15) is 0 Å². The fraction of sp³-hybridized carbons (Fsp3) is 0.500. The van der Waals surface area contributed by atoms with Gasteiger partial charge in [0.1, 0.15) is 0 Å². The second-order valence-corrected chi connectivity index (χ2v) is 6.79. The number of aryl methyl sites for hydroxylation is 1. The number of likely N-dealkylation sites (tertiary alicyclic amines) is 1. The lowest BCUT2D eigenvalue weighted by atomic mass is 9.92. The van der Waals surface area contributed by atoms with Crippen molar-refractivity contribution in [3.8, 4) is 5.69 Å². The molecule has 7 heteroatoms. The summed E-state index contributed by atoms with van der Waals surface area (Å²) in [6.45, 7) is 7.36. The number of carbonyl (C=O) groups excluding carboxylic acids is 1. The molecule has 0 bridgehead atoms. The second kappa shape index (κ2) is 7.97. The van der Waals surface area contributed by atoms with Crippen LogP contribution >= 0.6 is 12.4 Å². The van der Waals surface area contributed by atoms with Crippen LogP contribution in [0.4, 0.5) is 0 Å². The van der Waals surface area contributed by atoms with Crippen molar-refractivity contribution in [3.63, 3.8) is 0 Å². The van der Waals surface area contributed by atoms with E-state index in [0.29, 0.717) is 18.2 Å². The van der Waals surface area contributed by atoms with Gasteiger partial charge < -0.3 is 10.6 Å². The fourth-order valence-electron chi connectivity index (χ4n) is 3.34. The van der Waals surface area contributed by atoms with Crippen molar-refractivity contribution in [2.45, 2.75) is 39.7 Å². The number of rotatable bonds is 3. The maximum Gasteiger partial charge on any atom is 0.276 e. The summed E-state index contributed by atoms with van der Waals surface area (Å²) in [6, 6.07) is 8.10. The second-order valence-electron chi connectivity index (χ2n) is 6.79. The predicted octanol–water partition coefficient (Wildman–Crippen LogP) is 2.51. The lowest BCUT2D eigenvalue weighted by molar-refractivity contribution is 0.0566. The quantitative estimate of drug-likeness (QED) is 0.908. The maximum atomic E-state index is 12.9. The standard InChI is InChI=1S/C18H25N5O.ClH/c1-12-4-6-15(7-5-12)23-14(3)17(20-21-23)18(24)22-9-8-13(2)10-16(22)11-19;/h4-7,13,16H,8-11,19H2,1-3H3;1H. The molecule has 25 heavy (non-hydrogen) atoms. The number of hydrogen-bond donors (Lipinski definition) is 1. The van der Waals surface area contributed by atoms with E-state index in [-0.39, 0.29) is 24.4 Å². The Hall–Kier alpha value is -1.92. The van der Waals surface area contributed by atoms with Gasteiger partial charge in [-0.3, -0.25) is 4.79 Å². The zero-order chi connectivity index (χ0) is 17.3. The first-order valence-corrected chi connectivity index (χ1v) is 8.51. The van der Waals surface area contributed by atoms with Crippen molar-refractivity contribution in [2.24, 2.45) is 11.7 Å². The maximum absolute atomic E-state index is 12.9. The van der Waals surface area contributed by atoms with Gasteiger partial charge in [-0.15, -0.1) is 17.5 Å². The summed E-state index contributed by atoms with van der Waals surface area (Å²) in [7, 11) is 0. The molecule has 2 heterocycles. The molecule has 136 valence electrons. The summed E-state index contributed by atoms with van der Waals surface area (Å²) >= 11 is 0. The van der Waals surface area contributed by atoms with Gasteiger partial charge in [-0.25, -0.2) is 4.68 Å². The van der Waals surface area contributed by atoms with Crippen molar-refractivity contribution in [1.29, 1.82) is 0 Å². The number of halogens is 1. The molecule has 0 saturated carbocycles. The van der Waals surface area contributed by atoms with E-state index in [4.69, 9.17) is 5.73 Å². The Kier molecular flexibility index (Phi) is 6.19. The molecule has 2 atom stereocenters. The Balaban J connectivity index is 0.00000225. The minimum atomic E-state index is -0.0618. The van der Waals surface area contributed by atoms with Crippen LogP contribution < -0.4 is 5.73 Å². The van der Waals surface area contributed by atoms with E-state index in [1.165, 1.54) is 5.56 Å². The first-order chi connectivity index (χ1) is 11.5. The molecule has 2 unspecified atom stereocenters. The highest BCUT2D eigenvalue weighted by Gasteiger charge is 2.32. The highest BCUT2D eigenvalue weighted by molar-refractivity contribution is 5.93. The number of hydrogen-bond acceptors (Lipinski definition) is 4. The molecular weight excluding hydrogens is 338 g/mol. The third-order valence-electron chi connectivity index (χ3n) is 4.89. The van der Waals surface area contributed by atoms with E-state index in [1.807, 2.05) is 43.0 Å². The minimum absolute atomic E-state index is 0. The smallest absolute Gasteiger partial charge is 0.276 e. The summed E-state index contributed by atoms with van der Waals surface area (Å²) in [5.74, 6) is 0.542. The molecular formula is C18H26ClN5O. The number of aromatic nitrogens is 3. The third kappa shape index (κ3) is 3.85. The number of carbonyl (C=O) groups is 1. The van der Waals surface area contributed by atoms with Gasteiger partial charge in [0.05, 0.1) is 11.4 Å². The van der Waals surface area contributed by atoms with Crippen molar-refractivity contribution >= 4 is 18.3 Å². The van der Waals surface area contributed by atoms with Gasteiger partial charge in [0, 0.05) is 19.1 Å². The normalized spacial score (nSPS) is 20.2. The van der Waals surface area contributed by atoms with Crippen LogP contribution in [0.5, 0.6) is 0 Å². The van der Waals surface area contributed by atoms with Crippen LogP contribution in [0.3, 0.4) is 0 Å². The molecule has 0 radical (unpaired) electrons. The molecule has 1 aliphatic heterocycles. The predicted molar refractivity (Wildman–Crippen MR) is 100 cm³/mol. The zero-order valence-electron chi connectivity index (χ0n) is 15.0. The summed E-state index contributed by atoms with van der Waals surface area (Å²) in [4.78, 5) is 14.8. The SMILES string of the molecule is Cc1ccc(-n2nnc(C(=O)N3CCC(C)CC3CN)c2C)cc1.Cl. The molecule has 1 aromatic carbocycles. The molecule has 2 N–H and O–H groups in total. The van der Waals surface area contributed by atoms with Crippen molar-refractivity contribution < 1.29 is 4.79 Å². The van der Waals surface area contributed by atoms with E-state index >= 15 is 0 Å². The van der Waals surface area contributed by atoms with E-state index in [1.54, 1.807) is 4.68 Å². The van der Waals surface area contributed by atoms with Gasteiger partial charge in [-0.1, -0.05) is 29.8 Å². The number of nitrogens with two attached hydrogens (primary N) is 1. The molecule has 2 aromatic rings. The van der Waals surface area contributed by atoms with Crippen molar-refractivity contribution in [1.82, 2.24) is 19.9 Å². The molecule has 1 aliphatic rings. The first kappa shape index (κ1) is 19.4. The summed E-state index contributed by atoms with van der Waals surface area (Å²) in [5.41, 5.74) is 9.16. The van der Waals surface area contributed by atoms with Gasteiger partial charge in [0.15, 0.2) is 5.69 Å².